The van der Waals surface area contributed by atoms with E-state index in [-0.39, 0.29) is 12.6 Å². The number of aromatic nitrogens is 5. The summed E-state index contributed by atoms with van der Waals surface area (Å²) < 4.78 is 6.61. The second-order valence-electron chi connectivity index (χ2n) is 9.11. The maximum Gasteiger partial charge on any atom is 0.338 e. The molecule has 5 rings (SSSR count). The minimum atomic E-state index is -0.651. The van der Waals surface area contributed by atoms with Gasteiger partial charge in [0, 0.05) is 56.1 Å². The molecule has 1 fully saturated rings. The van der Waals surface area contributed by atoms with Crippen molar-refractivity contribution in [2.24, 2.45) is 0 Å². The van der Waals surface area contributed by atoms with Crippen LogP contribution >= 0.6 is 0 Å². The predicted molar refractivity (Wildman–Crippen MR) is 125 cm³/mol. The molecule has 0 radical (unpaired) electrons. The molecule has 0 saturated carbocycles. The summed E-state index contributed by atoms with van der Waals surface area (Å²) in [6, 6.07) is 7.25. The lowest BCUT2D eigenvalue weighted by Gasteiger charge is -2.36. The third kappa shape index (κ3) is 4.80. The van der Waals surface area contributed by atoms with Crippen LogP contribution in [0.15, 0.2) is 30.6 Å². The molecule has 0 spiro atoms. The number of carbonyl (C=O) groups is 1. The van der Waals surface area contributed by atoms with Gasteiger partial charge >= 0.3 is 5.97 Å². The predicted octanol–water partition coefficient (Wildman–Crippen LogP) is 0.729. The number of tetrazole rings is 1. The molecular weight excluding hydrogens is 450 g/mol. The lowest BCUT2D eigenvalue weighted by Crippen LogP contribution is -2.48. The highest BCUT2D eigenvalue weighted by atomic mass is 16.5. The molecule has 1 aromatic carbocycles. The Hall–Kier alpha value is -3.25. The van der Waals surface area contributed by atoms with Crippen LogP contribution in [0.1, 0.15) is 50.5 Å². The number of rotatable bonds is 7. The second-order valence-corrected chi connectivity index (χ2v) is 9.11. The lowest BCUT2D eigenvalue weighted by molar-refractivity contribution is 0.0478. The topological polar surface area (TPSA) is 130 Å². The number of esters is 1. The number of ether oxygens (including phenoxy) is 1. The number of piperazine rings is 1. The van der Waals surface area contributed by atoms with Crippen molar-refractivity contribution < 1.29 is 19.7 Å². The minimum Gasteiger partial charge on any atom is -0.457 e. The number of pyridine rings is 1. The first-order chi connectivity index (χ1) is 16.9. The molecule has 0 amide bonds. The van der Waals surface area contributed by atoms with E-state index in [4.69, 9.17) is 4.74 Å². The van der Waals surface area contributed by atoms with Crippen LogP contribution in [0.5, 0.6) is 0 Å². The summed E-state index contributed by atoms with van der Waals surface area (Å²) in [6.45, 7) is 8.30. The average molecular weight is 480 g/mol. The number of aliphatic hydroxyl groups is 2. The fraction of sp³-hybridized carbons (Fsp3) is 0.458. The Balaban J connectivity index is 1.14. The van der Waals surface area contributed by atoms with E-state index in [1.54, 1.807) is 12.1 Å². The zero-order valence-corrected chi connectivity index (χ0v) is 19.8. The Morgan fingerprint density at radius 3 is 2.26 bits per heavy atom. The molecule has 11 nitrogen and oxygen atoms in total. The Bertz CT molecular complexity index is 1210. The molecule has 2 atom stereocenters. The lowest BCUT2D eigenvalue weighted by atomic mass is 9.95. The van der Waals surface area contributed by atoms with Gasteiger partial charge in [0.2, 0.25) is 0 Å². The Kier molecular flexibility index (Phi) is 6.56. The highest BCUT2D eigenvalue weighted by Crippen LogP contribution is 2.29. The third-order valence-electron chi connectivity index (χ3n) is 6.95. The molecule has 11 heteroatoms. The van der Waals surface area contributed by atoms with Crippen LogP contribution in [0.4, 0.5) is 0 Å². The quantitative estimate of drug-likeness (QED) is 0.468. The van der Waals surface area contributed by atoms with Crippen molar-refractivity contribution in [1.82, 2.24) is 35.0 Å². The van der Waals surface area contributed by atoms with Gasteiger partial charge in [-0.15, -0.1) is 5.10 Å². The summed E-state index contributed by atoms with van der Waals surface area (Å²) in [7, 11) is 0. The molecule has 35 heavy (non-hydrogen) atoms. The van der Waals surface area contributed by atoms with Crippen LogP contribution < -0.4 is 0 Å². The standard InChI is InChI=1S/C24H29N7O4/c1-15-17(3-4-19-20(15)13-35-24(19)34)21(32)11-29-7-9-30(10-8-29)12-22(33)18-5-6-23(26-16(18)2)31-14-25-27-28-31/h3-6,14,21-22,32-33H,7-13H2,1-2H3/t21-,22+/m0/s1. The first kappa shape index (κ1) is 23.5. The number of cyclic esters (lactones) is 1. The van der Waals surface area contributed by atoms with E-state index in [1.807, 2.05) is 26.0 Å². The van der Waals surface area contributed by atoms with Gasteiger partial charge in [0.15, 0.2) is 5.82 Å². The minimum absolute atomic E-state index is 0.275. The molecule has 2 aromatic heterocycles. The van der Waals surface area contributed by atoms with Crippen molar-refractivity contribution in [3.63, 3.8) is 0 Å². The van der Waals surface area contributed by atoms with Gasteiger partial charge in [-0.3, -0.25) is 9.80 Å². The Labute approximate surface area is 202 Å². The normalized spacial score (nSPS) is 18.3. The summed E-state index contributed by atoms with van der Waals surface area (Å²) in [6.07, 6.45) is 0.192. The largest absolute Gasteiger partial charge is 0.457 e. The van der Waals surface area contributed by atoms with Crippen LogP contribution in [0.3, 0.4) is 0 Å². The van der Waals surface area contributed by atoms with Gasteiger partial charge in [0.05, 0.1) is 17.8 Å². The van der Waals surface area contributed by atoms with Crippen molar-refractivity contribution in [2.45, 2.75) is 32.7 Å². The van der Waals surface area contributed by atoms with Crippen LogP contribution in [0.2, 0.25) is 0 Å². The fourth-order valence-electron chi connectivity index (χ4n) is 4.87. The van der Waals surface area contributed by atoms with E-state index in [1.165, 1.54) is 11.0 Å². The molecule has 3 aromatic rings. The number of aliphatic hydroxyl groups excluding tert-OH is 2. The van der Waals surface area contributed by atoms with E-state index in [0.717, 1.165) is 54.1 Å². The summed E-state index contributed by atoms with van der Waals surface area (Å²) in [4.78, 5) is 20.7. The first-order valence-electron chi connectivity index (χ1n) is 11.7. The van der Waals surface area contributed by atoms with E-state index >= 15 is 0 Å². The average Bonchev–Trinajstić information content (AvgIpc) is 3.51. The van der Waals surface area contributed by atoms with Crippen molar-refractivity contribution in [3.05, 3.63) is 64.1 Å². The SMILES string of the molecule is Cc1nc(-n2cnnn2)ccc1[C@H](O)CN1CCN(C[C@H](O)c2ccc3c(c2C)COC3=O)CC1. The van der Waals surface area contributed by atoms with Crippen molar-refractivity contribution >= 4 is 5.97 Å². The van der Waals surface area contributed by atoms with Gasteiger partial charge in [-0.05, 0) is 47.5 Å². The van der Waals surface area contributed by atoms with Crippen molar-refractivity contribution in [1.29, 1.82) is 0 Å². The number of aryl methyl sites for hydroxylation is 1. The second kappa shape index (κ2) is 9.78. The van der Waals surface area contributed by atoms with Gasteiger partial charge < -0.3 is 14.9 Å². The highest BCUT2D eigenvalue weighted by Gasteiger charge is 2.27. The first-order valence-corrected chi connectivity index (χ1v) is 11.7. The monoisotopic (exact) mass is 479 g/mol. The third-order valence-corrected chi connectivity index (χ3v) is 6.95. The molecule has 0 bridgehead atoms. The molecule has 1 saturated heterocycles. The summed E-state index contributed by atoms with van der Waals surface area (Å²) in [5.74, 6) is 0.310. The van der Waals surface area contributed by atoms with Crippen LogP contribution in [0.25, 0.3) is 5.82 Å². The molecule has 4 heterocycles. The number of fused-ring (bicyclic) bond motifs is 1. The number of benzene rings is 1. The van der Waals surface area contributed by atoms with E-state index < -0.39 is 12.2 Å². The number of β-amino-alcohol motifs (C(OH)–C–C–N with tert-alkyl or cyclic N) is 2. The molecule has 0 aliphatic carbocycles. The zero-order chi connectivity index (χ0) is 24.5. The number of nitrogens with zero attached hydrogens (tertiary/aromatic N) is 7. The van der Waals surface area contributed by atoms with Gasteiger partial charge in [0.1, 0.15) is 12.9 Å². The molecule has 2 aliphatic rings. The van der Waals surface area contributed by atoms with Crippen LogP contribution in [-0.2, 0) is 11.3 Å². The van der Waals surface area contributed by atoms with Gasteiger partial charge in [-0.2, -0.15) is 4.68 Å². The number of hydrogen-bond donors (Lipinski definition) is 2. The van der Waals surface area contributed by atoms with Gasteiger partial charge in [-0.25, -0.2) is 9.78 Å². The Morgan fingerprint density at radius 1 is 0.971 bits per heavy atom. The van der Waals surface area contributed by atoms with E-state index in [0.29, 0.717) is 24.5 Å². The van der Waals surface area contributed by atoms with Crippen LogP contribution in [0, 0.1) is 13.8 Å². The highest BCUT2D eigenvalue weighted by molar-refractivity contribution is 5.93. The maximum absolute atomic E-state index is 11.8. The van der Waals surface area contributed by atoms with Crippen LogP contribution in [-0.4, -0.2) is 90.4 Å². The summed E-state index contributed by atoms with van der Waals surface area (Å²) in [5.41, 5.74) is 4.77. The smallest absolute Gasteiger partial charge is 0.338 e. The number of carbonyl (C=O) groups excluding carboxylic acids is 1. The molecular formula is C24H29N7O4. The fourth-order valence-corrected chi connectivity index (χ4v) is 4.87. The molecule has 184 valence electrons. The Morgan fingerprint density at radius 2 is 1.63 bits per heavy atom. The van der Waals surface area contributed by atoms with E-state index in [2.05, 4.69) is 30.3 Å². The summed E-state index contributed by atoms with van der Waals surface area (Å²) >= 11 is 0. The van der Waals surface area contributed by atoms with Crippen molar-refractivity contribution in [3.8, 4) is 5.82 Å². The van der Waals surface area contributed by atoms with E-state index in [9.17, 15) is 15.0 Å². The molecule has 0 unspecified atom stereocenters. The maximum atomic E-state index is 11.8. The summed E-state index contributed by atoms with van der Waals surface area (Å²) in [5, 5.41) is 32.8. The van der Waals surface area contributed by atoms with Crippen molar-refractivity contribution in [2.75, 3.05) is 39.3 Å². The molecule has 2 aliphatic heterocycles. The number of hydrogen-bond acceptors (Lipinski definition) is 10. The van der Waals surface area contributed by atoms with Gasteiger partial charge in [0.25, 0.3) is 0 Å². The molecule has 2 N–H and O–H groups in total. The van der Waals surface area contributed by atoms with Gasteiger partial charge in [-0.1, -0.05) is 12.1 Å². The zero-order valence-electron chi connectivity index (χ0n) is 19.8.